The Kier molecular flexibility index (Phi) is 8.23. The number of benzene rings is 2. The minimum absolute atomic E-state index is 0.0341. The highest BCUT2D eigenvalue weighted by atomic mass is 32.2. The fourth-order valence-electron chi connectivity index (χ4n) is 3.77. The number of rotatable bonds is 9. The first-order valence-electron chi connectivity index (χ1n) is 10.9. The number of nitrogens with one attached hydrogen (secondary N) is 1. The minimum Gasteiger partial charge on any atom is -0.352 e. The molecule has 7 heteroatoms. The van der Waals surface area contributed by atoms with Crippen molar-refractivity contribution >= 4 is 15.9 Å². The van der Waals surface area contributed by atoms with E-state index >= 15 is 0 Å². The van der Waals surface area contributed by atoms with E-state index in [0.29, 0.717) is 36.7 Å². The number of amides is 1. The van der Waals surface area contributed by atoms with Crippen LogP contribution in [0.5, 0.6) is 0 Å². The van der Waals surface area contributed by atoms with Gasteiger partial charge in [-0.25, -0.2) is 8.42 Å². The fraction of sp³-hybridized carbons (Fsp3) is 0.458. The van der Waals surface area contributed by atoms with Gasteiger partial charge in [0.25, 0.3) is 5.91 Å². The maximum Gasteiger partial charge on any atom is 0.251 e. The lowest BCUT2D eigenvalue weighted by Crippen LogP contribution is -2.47. The number of carbonyl (C=O) groups excluding carboxylic acids is 1. The van der Waals surface area contributed by atoms with E-state index in [1.54, 1.807) is 28.6 Å². The highest BCUT2D eigenvalue weighted by Gasteiger charge is 2.25. The zero-order valence-electron chi connectivity index (χ0n) is 18.5. The number of likely N-dealkylation sites (N-methyl/N-ethyl adjacent to an activating group) is 1. The number of hydrogen-bond donors (Lipinski definition) is 1. The van der Waals surface area contributed by atoms with Crippen molar-refractivity contribution < 1.29 is 13.2 Å². The van der Waals surface area contributed by atoms with Crippen LogP contribution in [0.2, 0.25) is 0 Å². The van der Waals surface area contributed by atoms with E-state index < -0.39 is 10.0 Å². The van der Waals surface area contributed by atoms with Crippen molar-refractivity contribution in [1.82, 2.24) is 14.5 Å². The highest BCUT2D eigenvalue weighted by Crippen LogP contribution is 2.15. The minimum atomic E-state index is -3.34. The van der Waals surface area contributed by atoms with Crippen LogP contribution in [0.3, 0.4) is 0 Å². The van der Waals surface area contributed by atoms with E-state index in [1.807, 2.05) is 25.2 Å². The van der Waals surface area contributed by atoms with E-state index in [4.69, 9.17) is 0 Å². The van der Waals surface area contributed by atoms with Crippen molar-refractivity contribution in [3.8, 4) is 0 Å². The lowest BCUT2D eigenvalue weighted by Gasteiger charge is -2.31. The molecule has 1 atom stereocenters. The summed E-state index contributed by atoms with van der Waals surface area (Å²) >= 11 is 0. The molecule has 1 aliphatic rings. The van der Waals surface area contributed by atoms with Gasteiger partial charge in [-0.1, -0.05) is 55.8 Å². The van der Waals surface area contributed by atoms with Crippen LogP contribution in [0.15, 0.2) is 54.6 Å². The Morgan fingerprint density at radius 1 is 0.968 bits per heavy atom. The Balaban J connectivity index is 1.52. The molecule has 0 bridgehead atoms. The molecule has 1 saturated heterocycles. The molecular formula is C24H33N3O3S. The van der Waals surface area contributed by atoms with E-state index in [9.17, 15) is 13.2 Å². The van der Waals surface area contributed by atoms with Crippen LogP contribution in [0.25, 0.3) is 0 Å². The van der Waals surface area contributed by atoms with Gasteiger partial charge in [-0.3, -0.25) is 4.79 Å². The summed E-state index contributed by atoms with van der Waals surface area (Å²) in [5.74, 6) is 0.215. The Morgan fingerprint density at radius 3 is 2.23 bits per heavy atom. The normalized spacial score (nSPS) is 16.7. The molecule has 2 aromatic rings. The molecule has 1 heterocycles. The first-order valence-corrected chi connectivity index (χ1v) is 12.6. The van der Waals surface area contributed by atoms with Crippen molar-refractivity contribution in [2.75, 3.05) is 39.8 Å². The van der Waals surface area contributed by atoms with E-state index in [-0.39, 0.29) is 11.7 Å². The molecule has 1 unspecified atom stereocenters. The molecule has 0 radical (unpaired) electrons. The average Bonchev–Trinajstić information content (AvgIpc) is 2.77. The number of piperazine rings is 1. The second-order valence-electron chi connectivity index (χ2n) is 8.33. The van der Waals surface area contributed by atoms with Gasteiger partial charge in [-0.15, -0.1) is 0 Å². The summed E-state index contributed by atoms with van der Waals surface area (Å²) in [7, 11) is -1.34. The molecule has 0 aromatic heterocycles. The third-order valence-electron chi connectivity index (χ3n) is 5.92. The quantitative estimate of drug-likeness (QED) is 0.647. The summed E-state index contributed by atoms with van der Waals surface area (Å²) in [5, 5.41) is 3.02. The average molecular weight is 444 g/mol. The van der Waals surface area contributed by atoms with Crippen LogP contribution < -0.4 is 5.32 Å². The molecule has 0 saturated carbocycles. The molecule has 3 rings (SSSR count). The van der Waals surface area contributed by atoms with Crippen molar-refractivity contribution in [3.63, 3.8) is 0 Å². The van der Waals surface area contributed by atoms with E-state index in [1.165, 1.54) is 5.56 Å². The number of carbonyl (C=O) groups is 1. The Morgan fingerprint density at radius 2 is 1.61 bits per heavy atom. The molecule has 2 aromatic carbocycles. The Hall–Kier alpha value is -2.22. The maximum atomic E-state index is 12.7. The standard InChI is InChI=1S/C24H33N3O3S/c1-3-20(17-21-7-5-4-6-8-21)18-25-24(28)23-11-9-22(10-12-23)19-31(29,30)27-15-13-26(2)14-16-27/h4-12,20H,3,13-19H2,1-2H3,(H,25,28). The van der Waals surface area contributed by atoms with Crippen LogP contribution in [0.1, 0.15) is 34.8 Å². The maximum absolute atomic E-state index is 12.7. The molecular weight excluding hydrogens is 410 g/mol. The van der Waals surface area contributed by atoms with Gasteiger partial charge in [-0.05, 0) is 42.6 Å². The molecule has 0 spiro atoms. The van der Waals surface area contributed by atoms with Crippen molar-refractivity contribution in [1.29, 1.82) is 0 Å². The molecule has 168 valence electrons. The molecule has 1 amide bonds. The van der Waals surface area contributed by atoms with Gasteiger partial charge in [0.05, 0.1) is 5.75 Å². The highest BCUT2D eigenvalue weighted by molar-refractivity contribution is 7.88. The Labute approximate surface area is 186 Å². The van der Waals surface area contributed by atoms with Crippen LogP contribution in [-0.4, -0.2) is 63.3 Å². The number of hydrogen-bond acceptors (Lipinski definition) is 4. The van der Waals surface area contributed by atoms with Crippen molar-refractivity contribution in [3.05, 3.63) is 71.3 Å². The van der Waals surface area contributed by atoms with Gasteiger partial charge in [-0.2, -0.15) is 4.31 Å². The largest absolute Gasteiger partial charge is 0.352 e. The molecule has 6 nitrogen and oxygen atoms in total. The zero-order chi connectivity index (χ0) is 22.3. The van der Waals surface area contributed by atoms with E-state index in [2.05, 4.69) is 29.3 Å². The van der Waals surface area contributed by atoms with E-state index in [0.717, 1.165) is 25.9 Å². The summed E-state index contributed by atoms with van der Waals surface area (Å²) in [6.45, 7) is 5.31. The van der Waals surface area contributed by atoms with Gasteiger partial charge < -0.3 is 10.2 Å². The SMILES string of the molecule is CCC(CNC(=O)c1ccc(CS(=O)(=O)N2CCN(C)CC2)cc1)Cc1ccccc1. The van der Waals surface area contributed by atoms with Crippen molar-refractivity contribution in [2.24, 2.45) is 5.92 Å². The van der Waals surface area contributed by atoms with Gasteiger partial charge in [0.2, 0.25) is 10.0 Å². The molecule has 31 heavy (non-hydrogen) atoms. The predicted octanol–water partition coefficient (Wildman–Crippen LogP) is 2.76. The second kappa shape index (κ2) is 10.9. The molecule has 1 aliphatic heterocycles. The van der Waals surface area contributed by atoms with Gasteiger partial charge in [0.1, 0.15) is 0 Å². The fourth-order valence-corrected chi connectivity index (χ4v) is 5.28. The molecule has 1 N–H and O–H groups in total. The topological polar surface area (TPSA) is 69.7 Å². The van der Waals surface area contributed by atoms with Crippen molar-refractivity contribution in [2.45, 2.75) is 25.5 Å². The lowest BCUT2D eigenvalue weighted by atomic mass is 9.97. The third-order valence-corrected chi connectivity index (χ3v) is 7.77. The predicted molar refractivity (Wildman–Crippen MR) is 124 cm³/mol. The first kappa shape index (κ1) is 23.4. The summed E-state index contributed by atoms with van der Waals surface area (Å²) in [5.41, 5.74) is 2.52. The summed E-state index contributed by atoms with van der Waals surface area (Å²) < 4.78 is 26.9. The zero-order valence-corrected chi connectivity index (χ0v) is 19.3. The van der Waals surface area contributed by atoms with Crippen LogP contribution in [0.4, 0.5) is 0 Å². The summed E-state index contributed by atoms with van der Waals surface area (Å²) in [6, 6.07) is 17.2. The van der Waals surface area contributed by atoms with Gasteiger partial charge in [0.15, 0.2) is 0 Å². The monoisotopic (exact) mass is 443 g/mol. The third kappa shape index (κ3) is 6.89. The van der Waals surface area contributed by atoms with Gasteiger partial charge in [0, 0.05) is 38.3 Å². The second-order valence-corrected chi connectivity index (χ2v) is 10.3. The Bertz CT molecular complexity index is 938. The van der Waals surface area contributed by atoms with Gasteiger partial charge >= 0.3 is 0 Å². The lowest BCUT2D eigenvalue weighted by molar-refractivity contribution is 0.0946. The van der Waals surface area contributed by atoms with Crippen LogP contribution in [0, 0.1) is 5.92 Å². The van der Waals surface area contributed by atoms with Crippen LogP contribution in [-0.2, 0) is 22.2 Å². The first-order chi connectivity index (χ1) is 14.9. The number of nitrogens with zero attached hydrogens (tertiary/aromatic N) is 2. The summed E-state index contributed by atoms with van der Waals surface area (Å²) in [4.78, 5) is 14.7. The van der Waals surface area contributed by atoms with Crippen LogP contribution >= 0.6 is 0 Å². The summed E-state index contributed by atoms with van der Waals surface area (Å²) in [6.07, 6.45) is 1.92. The number of sulfonamides is 1. The molecule has 1 fully saturated rings. The molecule has 0 aliphatic carbocycles. The smallest absolute Gasteiger partial charge is 0.251 e.